The van der Waals surface area contributed by atoms with Gasteiger partial charge in [-0.1, -0.05) is 12.8 Å². The quantitative estimate of drug-likeness (QED) is 0.0153. The summed E-state index contributed by atoms with van der Waals surface area (Å²) in [4.78, 5) is 76.3. The maximum atomic E-state index is 12.9. The van der Waals surface area contributed by atoms with Crippen LogP contribution in [-0.2, 0) is 38.0 Å². The van der Waals surface area contributed by atoms with E-state index in [1.54, 1.807) is 0 Å². The minimum atomic E-state index is -0.379. The van der Waals surface area contributed by atoms with E-state index < -0.39 is 0 Å². The highest BCUT2D eigenvalue weighted by molar-refractivity contribution is 8.00. The highest BCUT2D eigenvalue weighted by Gasteiger charge is 2.43. The zero-order valence-electron chi connectivity index (χ0n) is 42.1. The predicted octanol–water partition coefficient (Wildman–Crippen LogP) is 2.14. The number of urea groups is 2. The minimum Gasteiger partial charge on any atom is -0.379 e. The molecule has 0 radical (unpaired) electrons. The zero-order valence-corrected chi connectivity index (χ0v) is 43.7. The van der Waals surface area contributed by atoms with Gasteiger partial charge in [-0.3, -0.25) is 19.2 Å². The molecule has 0 spiro atoms. The van der Waals surface area contributed by atoms with E-state index in [-0.39, 0.29) is 71.0 Å². The molecular weight excluding hydrogens is 985 g/mol. The van der Waals surface area contributed by atoms with Crippen LogP contribution in [0.4, 0.5) is 9.59 Å². The van der Waals surface area contributed by atoms with E-state index in [1.807, 2.05) is 23.5 Å². The van der Waals surface area contributed by atoms with Crippen LogP contribution in [-0.4, -0.2) is 198 Å². The Kier molecular flexibility index (Phi) is 29.0. The number of fused-ring (bicyclic) bond motifs is 2. The molecule has 1 aromatic carbocycles. The van der Waals surface area contributed by atoms with Gasteiger partial charge in [-0.2, -0.15) is 28.3 Å². The Balaban J connectivity index is 0.756. The monoisotopic (exact) mass is 1060 g/mol. The average Bonchev–Trinajstić information content (AvgIpc) is 4.15. The number of carbonyl (C=O) groups excluding carboxylic acids is 6. The first-order valence-electron chi connectivity index (χ1n) is 26.0. The lowest BCUT2D eigenvalue weighted by Gasteiger charge is -2.16. The number of amides is 8. The molecule has 8 amide bonds. The Morgan fingerprint density at radius 2 is 0.890 bits per heavy atom. The van der Waals surface area contributed by atoms with E-state index in [0.29, 0.717) is 160 Å². The van der Waals surface area contributed by atoms with Crippen LogP contribution < -0.4 is 42.5 Å². The van der Waals surface area contributed by atoms with Crippen molar-refractivity contribution in [2.45, 2.75) is 112 Å². The summed E-state index contributed by atoms with van der Waals surface area (Å²) in [5, 5.41) is 24.3. The predicted molar refractivity (Wildman–Crippen MR) is 277 cm³/mol. The Hall–Kier alpha value is -4.52. The van der Waals surface area contributed by atoms with Crippen molar-refractivity contribution in [3.8, 4) is 0 Å². The zero-order chi connectivity index (χ0) is 51.7. The van der Waals surface area contributed by atoms with Crippen molar-refractivity contribution >= 4 is 65.4 Å². The van der Waals surface area contributed by atoms with Crippen molar-refractivity contribution in [3.05, 3.63) is 40.4 Å². The number of hydrogen-bond donors (Lipinski definition) is 8. The lowest BCUT2D eigenvalue weighted by molar-refractivity contribution is -0.122. The number of thioether (sulfide) groups is 2. The second kappa shape index (κ2) is 35.6. The number of nitrogens with zero attached hydrogens (tertiary/aromatic N) is 2. The van der Waals surface area contributed by atoms with E-state index in [1.165, 1.54) is 18.2 Å². The second-order valence-corrected chi connectivity index (χ2v) is 20.7. The van der Waals surface area contributed by atoms with Crippen LogP contribution in [0.25, 0.3) is 5.53 Å². The Morgan fingerprint density at radius 3 is 1.27 bits per heavy atom. The van der Waals surface area contributed by atoms with Crippen molar-refractivity contribution < 1.29 is 62.0 Å². The molecule has 24 heteroatoms. The summed E-state index contributed by atoms with van der Waals surface area (Å²) in [7, 11) is 0. The minimum absolute atomic E-state index is 0.0490. The summed E-state index contributed by atoms with van der Waals surface area (Å²) in [5.41, 5.74) is 9.99. The Bertz CT molecular complexity index is 1800. The summed E-state index contributed by atoms with van der Waals surface area (Å²) < 4.78 is 33.5. The summed E-state index contributed by atoms with van der Waals surface area (Å²) in [5.74, 6) is 1.23. The highest BCUT2D eigenvalue weighted by Crippen LogP contribution is 2.34. The van der Waals surface area contributed by atoms with Crippen LogP contribution in [0.5, 0.6) is 0 Å². The van der Waals surface area contributed by atoms with Gasteiger partial charge in [0.1, 0.15) is 0 Å². The van der Waals surface area contributed by atoms with Gasteiger partial charge in [0, 0.05) is 98.6 Å². The van der Waals surface area contributed by atoms with Gasteiger partial charge in [-0.25, -0.2) is 9.59 Å². The van der Waals surface area contributed by atoms with E-state index >= 15 is 0 Å². The molecule has 4 aliphatic heterocycles. The van der Waals surface area contributed by atoms with Gasteiger partial charge in [0.05, 0.1) is 82.6 Å². The first-order valence-corrected chi connectivity index (χ1v) is 28.1. The number of rotatable bonds is 41. The van der Waals surface area contributed by atoms with Gasteiger partial charge in [-0.15, -0.1) is 0 Å². The van der Waals surface area contributed by atoms with E-state index in [0.717, 1.165) is 56.2 Å². The summed E-state index contributed by atoms with van der Waals surface area (Å²) in [6.45, 7) is 7.02. The van der Waals surface area contributed by atoms with Crippen molar-refractivity contribution in [2.24, 2.45) is 0 Å². The Labute approximate surface area is 437 Å². The van der Waals surface area contributed by atoms with Gasteiger partial charge in [0.25, 0.3) is 18.0 Å². The lowest BCUT2D eigenvalue weighted by Crippen LogP contribution is -2.36. The fourth-order valence-electron chi connectivity index (χ4n) is 8.62. The molecule has 408 valence electrons. The van der Waals surface area contributed by atoms with Crippen LogP contribution >= 0.6 is 23.5 Å². The molecule has 4 aliphatic rings. The molecule has 8 N–H and O–H groups in total. The van der Waals surface area contributed by atoms with Crippen molar-refractivity contribution in [1.29, 1.82) is 0 Å². The smallest absolute Gasteiger partial charge is 0.315 e. The fourth-order valence-corrected chi connectivity index (χ4v) is 11.7. The fraction of sp³-hybridized carbons (Fsp3) is 0.735. The molecule has 4 heterocycles. The molecule has 5 rings (SSSR count). The molecule has 6 atom stereocenters. The van der Waals surface area contributed by atoms with E-state index in [4.69, 9.17) is 34.0 Å². The van der Waals surface area contributed by atoms with Gasteiger partial charge in [0.2, 0.25) is 11.8 Å². The van der Waals surface area contributed by atoms with Crippen molar-refractivity contribution in [1.82, 2.24) is 42.5 Å². The number of carbonyl (C=O) groups is 6. The maximum absolute atomic E-state index is 12.9. The number of unbranched alkanes of at least 4 members (excludes halogenated alkanes) is 2. The van der Waals surface area contributed by atoms with E-state index in [2.05, 4.69) is 47.3 Å². The summed E-state index contributed by atoms with van der Waals surface area (Å²) in [6, 6.07) is 5.27. The topological polar surface area (TPSA) is 290 Å². The molecule has 0 aliphatic carbocycles. The summed E-state index contributed by atoms with van der Waals surface area (Å²) in [6.07, 6.45) is 10.3. The maximum Gasteiger partial charge on any atom is 0.315 e. The average molecular weight is 1060 g/mol. The Morgan fingerprint density at radius 1 is 0.521 bits per heavy atom. The molecule has 4 saturated heterocycles. The van der Waals surface area contributed by atoms with Crippen molar-refractivity contribution in [2.75, 3.05) is 117 Å². The molecular formula is C49H78N10O12S2. The first kappa shape index (κ1) is 59.4. The lowest BCUT2D eigenvalue weighted by atomic mass is 10.0. The van der Waals surface area contributed by atoms with Crippen molar-refractivity contribution in [3.63, 3.8) is 0 Å². The van der Waals surface area contributed by atoms with Crippen LogP contribution in [0.15, 0.2) is 18.2 Å². The van der Waals surface area contributed by atoms with Gasteiger partial charge in [-0.05, 0) is 69.6 Å². The second-order valence-electron chi connectivity index (χ2n) is 18.1. The molecule has 0 unspecified atom stereocenters. The molecule has 1 aromatic rings. The molecule has 0 aromatic heterocycles. The molecule has 0 saturated carbocycles. The summed E-state index contributed by atoms with van der Waals surface area (Å²) >= 11 is 3.78. The normalized spacial score (nSPS) is 20.5. The number of nitrogens with one attached hydrogen (secondary N) is 8. The first-order chi connectivity index (χ1) is 35.7. The highest BCUT2D eigenvalue weighted by atomic mass is 32.2. The number of benzene rings is 1. The SMILES string of the molecule is [N-]=[N+]=Cc1cc(C(=O)NCCCOCCOCCOCCCNC(=O)CCCC[C@@H]2SC[C@@H]3NC(=O)N[C@@H]32)cc(C(=O)NCCCOCCOCCOCCCNC(=O)CCCC[C@@H]2SC[C@@H]3NC(=O)N[C@@H]32)c1. The third-order valence-electron chi connectivity index (χ3n) is 12.4. The third kappa shape index (κ3) is 23.7. The molecule has 0 bridgehead atoms. The molecule has 4 fully saturated rings. The third-order valence-corrected chi connectivity index (χ3v) is 15.4. The van der Waals surface area contributed by atoms with Gasteiger partial charge < -0.3 is 76.5 Å². The van der Waals surface area contributed by atoms with Crippen LogP contribution in [0, 0.1) is 0 Å². The van der Waals surface area contributed by atoms with Gasteiger partial charge >= 0.3 is 12.1 Å². The molecule has 22 nitrogen and oxygen atoms in total. The van der Waals surface area contributed by atoms with Crippen LogP contribution in [0.2, 0.25) is 0 Å². The standard InChI is InChI=1S/C49H78N10O12S2/c50-55-32-35-29-36(46(62)53-15-7-19-68-23-27-70-25-21-66-17-5-13-51-42(60)11-3-1-9-40-44-38(33-72-40)56-48(64)58-44)31-37(30-35)47(63)54-16-8-20-69-24-28-71-26-22-67-18-6-14-52-43(61)12-4-2-10-41-45-39(34-73-41)57-49(65)59-45/h29-32,38-41,44-45H,1-28,33-34H2,(H,51,60)(H,52,61)(H,53,62)(H,54,63)(H2,56,58,64)(H2,57,59,65)/t38-,39-,40-,41-,44-,45-/m0/s1. The number of ether oxygens (including phenoxy) is 6. The van der Waals surface area contributed by atoms with Crippen LogP contribution in [0.3, 0.4) is 0 Å². The van der Waals surface area contributed by atoms with Crippen LogP contribution in [0.1, 0.15) is 103 Å². The van der Waals surface area contributed by atoms with Gasteiger partial charge in [0.15, 0.2) is 0 Å². The van der Waals surface area contributed by atoms with E-state index in [9.17, 15) is 28.8 Å². The molecule has 73 heavy (non-hydrogen) atoms. The number of hydrogen-bond acceptors (Lipinski definition) is 14. The largest absolute Gasteiger partial charge is 0.379 e.